The number of hydrogen-bond donors (Lipinski definition) is 1. The third-order valence-electron chi connectivity index (χ3n) is 4.98. The minimum absolute atomic E-state index is 0.00690. The number of nitrogens with zero attached hydrogens (tertiary/aromatic N) is 7. The number of aryl methyl sites for hydroxylation is 1. The topological polar surface area (TPSA) is 91.0 Å². The predicted molar refractivity (Wildman–Crippen MR) is 93.6 cm³/mol. The summed E-state index contributed by atoms with van der Waals surface area (Å²) in [6, 6.07) is 2.07. The highest BCUT2D eigenvalue weighted by molar-refractivity contribution is 6.07. The number of carbonyl (C=O) groups is 1. The second-order valence-electron chi connectivity index (χ2n) is 6.78. The molecule has 2 aliphatic heterocycles. The Morgan fingerprint density at radius 2 is 2.08 bits per heavy atom. The van der Waals surface area contributed by atoms with Crippen molar-refractivity contribution in [2.24, 2.45) is 4.99 Å². The van der Waals surface area contributed by atoms with Crippen molar-refractivity contribution < 1.29 is 4.79 Å². The van der Waals surface area contributed by atoms with Gasteiger partial charge in [0.15, 0.2) is 0 Å². The Morgan fingerprint density at radius 1 is 1.32 bits per heavy atom. The summed E-state index contributed by atoms with van der Waals surface area (Å²) in [5.74, 6) is 0.655. The van der Waals surface area contributed by atoms with E-state index in [1.807, 2.05) is 19.0 Å². The van der Waals surface area contributed by atoms with Crippen LogP contribution in [0.15, 0.2) is 17.4 Å². The minimum atomic E-state index is -0.638. The molecular weight excluding hydrogens is 320 g/mol. The monoisotopic (exact) mass is 342 g/mol. The SMILES string of the molecule is CCc1cc(N2CCC3(CC2)N=C(N(C)C)NC3=O)c2nncn2n1. The molecule has 1 N–H and O–H groups in total. The molecule has 2 aliphatic rings. The summed E-state index contributed by atoms with van der Waals surface area (Å²) in [7, 11) is 3.77. The average molecular weight is 342 g/mol. The molecule has 0 atom stereocenters. The third-order valence-corrected chi connectivity index (χ3v) is 4.98. The second-order valence-corrected chi connectivity index (χ2v) is 6.78. The number of carbonyl (C=O) groups excluding carboxylic acids is 1. The van der Waals surface area contributed by atoms with Crippen molar-refractivity contribution in [1.82, 2.24) is 30.0 Å². The van der Waals surface area contributed by atoms with E-state index in [9.17, 15) is 4.79 Å². The van der Waals surface area contributed by atoms with E-state index in [1.165, 1.54) is 0 Å². The summed E-state index contributed by atoms with van der Waals surface area (Å²) >= 11 is 0. The molecule has 25 heavy (non-hydrogen) atoms. The summed E-state index contributed by atoms with van der Waals surface area (Å²) in [6.07, 6.45) is 3.83. The Bertz CT molecular complexity index is 847. The molecule has 1 spiro atoms. The van der Waals surface area contributed by atoms with Crippen molar-refractivity contribution in [1.29, 1.82) is 0 Å². The van der Waals surface area contributed by atoms with Gasteiger partial charge in [0.1, 0.15) is 11.9 Å². The van der Waals surface area contributed by atoms with Crippen LogP contribution < -0.4 is 10.2 Å². The highest BCUT2D eigenvalue weighted by Crippen LogP contribution is 2.33. The summed E-state index contributed by atoms with van der Waals surface area (Å²) in [4.78, 5) is 21.3. The highest BCUT2D eigenvalue weighted by Gasteiger charge is 2.46. The van der Waals surface area contributed by atoms with E-state index >= 15 is 0 Å². The van der Waals surface area contributed by atoms with Crippen molar-refractivity contribution in [2.75, 3.05) is 32.1 Å². The van der Waals surface area contributed by atoms with Gasteiger partial charge in [-0.25, -0.2) is 4.99 Å². The Labute approximate surface area is 145 Å². The van der Waals surface area contributed by atoms with Crippen LogP contribution in [0.4, 0.5) is 5.69 Å². The number of rotatable bonds is 2. The smallest absolute Gasteiger partial charge is 0.254 e. The van der Waals surface area contributed by atoms with Gasteiger partial charge in [-0.1, -0.05) is 6.92 Å². The van der Waals surface area contributed by atoms with E-state index < -0.39 is 5.54 Å². The van der Waals surface area contributed by atoms with Crippen LogP contribution >= 0.6 is 0 Å². The van der Waals surface area contributed by atoms with E-state index in [4.69, 9.17) is 0 Å². The van der Waals surface area contributed by atoms with Crippen molar-refractivity contribution >= 4 is 23.2 Å². The van der Waals surface area contributed by atoms with E-state index in [-0.39, 0.29) is 5.91 Å². The van der Waals surface area contributed by atoms with Crippen LogP contribution in [-0.2, 0) is 11.2 Å². The molecule has 4 heterocycles. The van der Waals surface area contributed by atoms with E-state index in [1.54, 1.807) is 10.8 Å². The van der Waals surface area contributed by atoms with E-state index in [0.717, 1.165) is 36.5 Å². The molecule has 2 aromatic rings. The van der Waals surface area contributed by atoms with Gasteiger partial charge in [-0.15, -0.1) is 10.2 Å². The van der Waals surface area contributed by atoms with E-state index in [0.29, 0.717) is 18.8 Å². The summed E-state index contributed by atoms with van der Waals surface area (Å²) in [5.41, 5.74) is 2.13. The zero-order chi connectivity index (χ0) is 17.6. The molecule has 0 unspecified atom stereocenters. The standard InChI is InChI=1S/C16H22N8O/c1-4-11-9-12(13-20-17-10-24(13)21-11)23-7-5-16(6-8-23)14(25)18-15(19-16)22(2)3/h9-10H,4-8H2,1-3H3,(H,18,19,25). The highest BCUT2D eigenvalue weighted by atomic mass is 16.2. The molecule has 0 saturated carbocycles. The molecule has 9 heteroatoms. The van der Waals surface area contributed by atoms with Crippen LogP contribution in [0, 0.1) is 0 Å². The molecule has 0 aromatic carbocycles. The molecule has 4 rings (SSSR count). The van der Waals surface area contributed by atoms with Crippen molar-refractivity contribution in [3.63, 3.8) is 0 Å². The van der Waals surface area contributed by atoms with Gasteiger partial charge < -0.3 is 9.80 Å². The number of aromatic nitrogens is 4. The molecule has 1 fully saturated rings. The number of hydrogen-bond acceptors (Lipinski definition) is 7. The van der Waals surface area contributed by atoms with Gasteiger partial charge in [0.25, 0.3) is 5.91 Å². The fourth-order valence-electron chi connectivity index (χ4n) is 3.43. The Hall–Kier alpha value is -2.71. The summed E-state index contributed by atoms with van der Waals surface area (Å²) < 4.78 is 1.73. The molecule has 1 amide bonds. The zero-order valence-corrected chi connectivity index (χ0v) is 14.7. The fraction of sp³-hybridized carbons (Fsp3) is 0.562. The van der Waals surface area contributed by atoms with Crippen LogP contribution in [-0.4, -0.2) is 69.3 Å². The first-order chi connectivity index (χ1) is 12.0. The van der Waals surface area contributed by atoms with Gasteiger partial charge in [-0.3, -0.25) is 10.1 Å². The molecule has 0 aliphatic carbocycles. The first-order valence-electron chi connectivity index (χ1n) is 8.56. The molecular formula is C16H22N8O. The lowest BCUT2D eigenvalue weighted by Gasteiger charge is -2.36. The Balaban J connectivity index is 1.61. The summed E-state index contributed by atoms with van der Waals surface area (Å²) in [6.45, 7) is 3.56. The number of aliphatic imine (C=N–C) groups is 1. The number of piperidine rings is 1. The number of nitrogens with one attached hydrogen (secondary N) is 1. The number of guanidine groups is 1. The van der Waals surface area contributed by atoms with Crippen molar-refractivity contribution in [2.45, 2.75) is 31.7 Å². The van der Waals surface area contributed by atoms with Crippen LogP contribution in [0.25, 0.3) is 5.65 Å². The fourth-order valence-corrected chi connectivity index (χ4v) is 3.43. The molecule has 1 saturated heterocycles. The average Bonchev–Trinajstić information content (AvgIpc) is 3.20. The van der Waals surface area contributed by atoms with Crippen LogP contribution in [0.2, 0.25) is 0 Å². The van der Waals surface area contributed by atoms with Gasteiger partial charge >= 0.3 is 0 Å². The lowest BCUT2D eigenvalue weighted by atomic mass is 9.88. The van der Waals surface area contributed by atoms with Gasteiger partial charge in [-0.05, 0) is 25.3 Å². The number of amides is 1. The Kier molecular flexibility index (Phi) is 3.59. The first-order valence-corrected chi connectivity index (χ1v) is 8.56. The summed E-state index contributed by atoms with van der Waals surface area (Å²) in [5, 5.41) is 15.6. The minimum Gasteiger partial charge on any atom is -0.368 e. The first kappa shape index (κ1) is 15.8. The van der Waals surface area contributed by atoms with Crippen LogP contribution in [0.5, 0.6) is 0 Å². The van der Waals surface area contributed by atoms with Crippen LogP contribution in [0.3, 0.4) is 0 Å². The largest absolute Gasteiger partial charge is 0.368 e. The van der Waals surface area contributed by atoms with Crippen molar-refractivity contribution in [3.8, 4) is 0 Å². The van der Waals surface area contributed by atoms with Crippen LogP contribution in [0.1, 0.15) is 25.5 Å². The van der Waals surface area contributed by atoms with E-state index in [2.05, 4.69) is 43.5 Å². The lowest BCUT2D eigenvalue weighted by Crippen LogP contribution is -2.49. The zero-order valence-electron chi connectivity index (χ0n) is 14.7. The quantitative estimate of drug-likeness (QED) is 0.831. The Morgan fingerprint density at radius 3 is 2.72 bits per heavy atom. The maximum absolute atomic E-state index is 12.5. The maximum Gasteiger partial charge on any atom is 0.254 e. The van der Waals surface area contributed by atoms with Gasteiger partial charge in [0, 0.05) is 27.2 Å². The molecule has 0 radical (unpaired) electrons. The molecule has 2 aromatic heterocycles. The molecule has 0 bridgehead atoms. The van der Waals surface area contributed by atoms with Gasteiger partial charge in [-0.2, -0.15) is 9.61 Å². The maximum atomic E-state index is 12.5. The molecule has 9 nitrogen and oxygen atoms in total. The van der Waals surface area contributed by atoms with Gasteiger partial charge in [0.05, 0.1) is 11.4 Å². The van der Waals surface area contributed by atoms with Crippen molar-refractivity contribution in [3.05, 3.63) is 18.1 Å². The molecule has 132 valence electrons. The lowest BCUT2D eigenvalue weighted by molar-refractivity contribution is -0.124. The van der Waals surface area contributed by atoms with Gasteiger partial charge in [0.2, 0.25) is 11.6 Å². The third kappa shape index (κ3) is 2.50. The predicted octanol–water partition coefficient (Wildman–Crippen LogP) is 0.0731. The number of anilines is 1. The number of fused-ring (bicyclic) bond motifs is 1. The second kappa shape index (κ2) is 5.68. The normalized spacial score (nSPS) is 19.4.